The number of ether oxygens (including phenoxy) is 1. The first-order chi connectivity index (χ1) is 8.22. The van der Waals surface area contributed by atoms with Gasteiger partial charge in [-0.2, -0.15) is 0 Å². The Labute approximate surface area is 103 Å². The second kappa shape index (κ2) is 5.47. The molecule has 0 radical (unpaired) electrons. The summed E-state index contributed by atoms with van der Waals surface area (Å²) in [5.74, 6) is 0.741. The van der Waals surface area contributed by atoms with Crippen LogP contribution in [-0.2, 0) is 6.54 Å². The Morgan fingerprint density at radius 3 is 2.76 bits per heavy atom. The molecule has 0 amide bonds. The molecule has 1 N–H and O–H groups in total. The van der Waals surface area contributed by atoms with E-state index < -0.39 is 0 Å². The summed E-state index contributed by atoms with van der Waals surface area (Å²) in [4.78, 5) is 6.74. The number of rotatable bonds is 3. The van der Waals surface area contributed by atoms with E-state index in [4.69, 9.17) is 4.74 Å². The van der Waals surface area contributed by atoms with Crippen LogP contribution in [0.2, 0.25) is 0 Å². The standard InChI is InChI=1S/C13H21N3O/c1-10-7-14-8-11(2)16(10)9-12-5-4-6-15-13(12)17-3/h4-6,10-11,14H,7-9H2,1-3H3. The van der Waals surface area contributed by atoms with Gasteiger partial charge in [-0.15, -0.1) is 0 Å². The molecule has 2 unspecified atom stereocenters. The van der Waals surface area contributed by atoms with Crippen LogP contribution in [0.25, 0.3) is 0 Å². The Kier molecular flexibility index (Phi) is 3.97. The number of aromatic nitrogens is 1. The molecule has 4 nitrogen and oxygen atoms in total. The van der Waals surface area contributed by atoms with Crippen molar-refractivity contribution in [2.24, 2.45) is 0 Å². The fraction of sp³-hybridized carbons (Fsp3) is 0.615. The number of piperazine rings is 1. The van der Waals surface area contributed by atoms with Gasteiger partial charge in [0.2, 0.25) is 5.88 Å². The number of hydrogen-bond acceptors (Lipinski definition) is 4. The molecule has 1 fully saturated rings. The summed E-state index contributed by atoms with van der Waals surface area (Å²) in [5.41, 5.74) is 1.16. The topological polar surface area (TPSA) is 37.4 Å². The molecule has 0 aliphatic carbocycles. The van der Waals surface area contributed by atoms with Gasteiger partial charge in [0.05, 0.1) is 7.11 Å². The predicted molar refractivity (Wildman–Crippen MR) is 68.1 cm³/mol. The number of nitrogens with zero attached hydrogens (tertiary/aromatic N) is 2. The van der Waals surface area contributed by atoms with Gasteiger partial charge in [-0.05, 0) is 19.9 Å². The van der Waals surface area contributed by atoms with Gasteiger partial charge in [0.1, 0.15) is 0 Å². The summed E-state index contributed by atoms with van der Waals surface area (Å²) >= 11 is 0. The summed E-state index contributed by atoms with van der Waals surface area (Å²) in [6.45, 7) is 7.51. The van der Waals surface area contributed by atoms with Crippen molar-refractivity contribution in [3.8, 4) is 5.88 Å². The van der Waals surface area contributed by atoms with Crippen molar-refractivity contribution in [1.82, 2.24) is 15.2 Å². The van der Waals surface area contributed by atoms with Crippen LogP contribution >= 0.6 is 0 Å². The molecular weight excluding hydrogens is 214 g/mol. The van der Waals surface area contributed by atoms with Crippen LogP contribution in [-0.4, -0.2) is 42.2 Å². The van der Waals surface area contributed by atoms with E-state index >= 15 is 0 Å². The van der Waals surface area contributed by atoms with Crippen molar-refractivity contribution >= 4 is 0 Å². The van der Waals surface area contributed by atoms with E-state index in [1.54, 1.807) is 13.3 Å². The van der Waals surface area contributed by atoms with E-state index in [0.29, 0.717) is 12.1 Å². The van der Waals surface area contributed by atoms with Gasteiger partial charge in [0, 0.05) is 43.5 Å². The van der Waals surface area contributed by atoms with E-state index in [1.165, 1.54) is 0 Å². The van der Waals surface area contributed by atoms with Crippen molar-refractivity contribution < 1.29 is 4.74 Å². The molecule has 0 bridgehead atoms. The van der Waals surface area contributed by atoms with Crippen molar-refractivity contribution in [2.75, 3.05) is 20.2 Å². The minimum atomic E-state index is 0.545. The highest BCUT2D eigenvalue weighted by Crippen LogP contribution is 2.20. The van der Waals surface area contributed by atoms with Gasteiger partial charge < -0.3 is 10.1 Å². The third kappa shape index (κ3) is 2.76. The summed E-state index contributed by atoms with van der Waals surface area (Å²) in [6.07, 6.45) is 1.77. The molecule has 1 aliphatic rings. The quantitative estimate of drug-likeness (QED) is 0.856. The molecule has 1 aromatic rings. The number of pyridine rings is 1. The van der Waals surface area contributed by atoms with Crippen LogP contribution < -0.4 is 10.1 Å². The number of nitrogens with one attached hydrogen (secondary N) is 1. The van der Waals surface area contributed by atoms with Crippen LogP contribution in [0, 0.1) is 0 Å². The Bertz CT molecular complexity index is 359. The zero-order valence-electron chi connectivity index (χ0n) is 10.8. The van der Waals surface area contributed by atoms with Gasteiger partial charge in [0.25, 0.3) is 0 Å². The molecule has 1 aliphatic heterocycles. The first-order valence-electron chi connectivity index (χ1n) is 6.16. The van der Waals surface area contributed by atoms with Gasteiger partial charge in [0.15, 0.2) is 0 Å². The lowest BCUT2D eigenvalue weighted by molar-refractivity contribution is 0.107. The highest BCUT2D eigenvalue weighted by molar-refractivity contribution is 5.25. The summed E-state index contributed by atoms with van der Waals surface area (Å²) in [6, 6.07) is 5.15. The lowest BCUT2D eigenvalue weighted by Crippen LogP contribution is -2.54. The highest BCUT2D eigenvalue weighted by atomic mass is 16.5. The number of methoxy groups -OCH3 is 1. The normalized spacial score (nSPS) is 25.8. The largest absolute Gasteiger partial charge is 0.481 e. The fourth-order valence-corrected chi connectivity index (χ4v) is 2.41. The average Bonchev–Trinajstić information content (AvgIpc) is 2.34. The molecular formula is C13H21N3O. The third-order valence-electron chi connectivity index (χ3n) is 3.41. The molecule has 1 saturated heterocycles. The maximum atomic E-state index is 5.30. The van der Waals surface area contributed by atoms with Crippen LogP contribution in [0.4, 0.5) is 0 Å². The maximum absolute atomic E-state index is 5.30. The van der Waals surface area contributed by atoms with Crippen LogP contribution in [0.5, 0.6) is 5.88 Å². The third-order valence-corrected chi connectivity index (χ3v) is 3.41. The van der Waals surface area contributed by atoms with E-state index in [0.717, 1.165) is 31.1 Å². The van der Waals surface area contributed by atoms with Gasteiger partial charge in [-0.3, -0.25) is 4.90 Å². The molecule has 0 saturated carbocycles. The SMILES string of the molecule is COc1ncccc1CN1C(C)CNCC1C. The molecule has 2 rings (SSSR count). The smallest absolute Gasteiger partial charge is 0.217 e. The Morgan fingerprint density at radius 1 is 1.41 bits per heavy atom. The van der Waals surface area contributed by atoms with Crippen molar-refractivity contribution in [3.05, 3.63) is 23.9 Å². The first kappa shape index (κ1) is 12.3. The summed E-state index contributed by atoms with van der Waals surface area (Å²) < 4.78 is 5.30. The first-order valence-corrected chi connectivity index (χ1v) is 6.16. The molecule has 4 heteroatoms. The molecule has 0 spiro atoms. The lowest BCUT2D eigenvalue weighted by atomic mass is 10.1. The minimum Gasteiger partial charge on any atom is -0.481 e. The molecule has 17 heavy (non-hydrogen) atoms. The predicted octanol–water partition coefficient (Wildman–Crippen LogP) is 1.27. The van der Waals surface area contributed by atoms with Crippen LogP contribution in [0.15, 0.2) is 18.3 Å². The van der Waals surface area contributed by atoms with E-state index in [1.807, 2.05) is 6.07 Å². The molecule has 94 valence electrons. The maximum Gasteiger partial charge on any atom is 0.217 e. The second-order valence-corrected chi connectivity index (χ2v) is 4.70. The van der Waals surface area contributed by atoms with Gasteiger partial charge >= 0.3 is 0 Å². The highest BCUT2D eigenvalue weighted by Gasteiger charge is 2.25. The number of hydrogen-bond donors (Lipinski definition) is 1. The molecule has 2 atom stereocenters. The Hall–Kier alpha value is -1.13. The summed E-state index contributed by atoms with van der Waals surface area (Å²) in [7, 11) is 1.68. The molecule has 2 heterocycles. The van der Waals surface area contributed by atoms with Crippen molar-refractivity contribution in [1.29, 1.82) is 0 Å². The zero-order valence-corrected chi connectivity index (χ0v) is 10.8. The molecule has 1 aromatic heterocycles. The van der Waals surface area contributed by atoms with Gasteiger partial charge in [-0.1, -0.05) is 6.07 Å². The van der Waals surface area contributed by atoms with E-state index in [2.05, 4.69) is 35.1 Å². The second-order valence-electron chi connectivity index (χ2n) is 4.70. The van der Waals surface area contributed by atoms with Crippen molar-refractivity contribution in [3.63, 3.8) is 0 Å². The van der Waals surface area contributed by atoms with E-state index in [-0.39, 0.29) is 0 Å². The zero-order chi connectivity index (χ0) is 12.3. The van der Waals surface area contributed by atoms with Gasteiger partial charge in [-0.25, -0.2) is 4.98 Å². The van der Waals surface area contributed by atoms with E-state index in [9.17, 15) is 0 Å². The minimum absolute atomic E-state index is 0.545. The Balaban J connectivity index is 2.13. The lowest BCUT2D eigenvalue weighted by Gasteiger charge is -2.39. The van der Waals surface area contributed by atoms with Crippen molar-refractivity contribution in [2.45, 2.75) is 32.5 Å². The summed E-state index contributed by atoms with van der Waals surface area (Å²) in [5, 5.41) is 3.44. The average molecular weight is 235 g/mol. The monoisotopic (exact) mass is 235 g/mol. The van der Waals surface area contributed by atoms with Crippen LogP contribution in [0.3, 0.4) is 0 Å². The van der Waals surface area contributed by atoms with Crippen LogP contribution in [0.1, 0.15) is 19.4 Å². The fourth-order valence-electron chi connectivity index (χ4n) is 2.41. The molecule has 0 aromatic carbocycles. The Morgan fingerprint density at radius 2 is 2.12 bits per heavy atom.